The maximum atomic E-state index is 12.6. The summed E-state index contributed by atoms with van der Waals surface area (Å²) in [5.74, 6) is 2.12. The van der Waals surface area contributed by atoms with Gasteiger partial charge in [-0.15, -0.1) is 0 Å². The number of benzene rings is 2. The van der Waals surface area contributed by atoms with Gasteiger partial charge < -0.3 is 30.3 Å². The minimum absolute atomic E-state index is 0.129. The number of urea groups is 1. The number of hydrogen-bond acceptors (Lipinski definition) is 6. The molecular weight excluding hydrogens is 430 g/mol. The lowest BCUT2D eigenvalue weighted by Gasteiger charge is -2.30. The molecule has 1 saturated carbocycles. The van der Waals surface area contributed by atoms with Crippen LogP contribution in [-0.2, 0) is 0 Å². The molecule has 3 N–H and O–H groups in total. The van der Waals surface area contributed by atoms with E-state index in [4.69, 9.17) is 14.5 Å². The molecule has 34 heavy (non-hydrogen) atoms. The van der Waals surface area contributed by atoms with Crippen molar-refractivity contribution >= 4 is 34.1 Å². The maximum absolute atomic E-state index is 12.6. The van der Waals surface area contributed by atoms with Crippen LogP contribution in [0.15, 0.2) is 48.5 Å². The number of ether oxygens (including phenoxy) is 2. The molecule has 1 aliphatic rings. The molecule has 1 fully saturated rings. The zero-order chi connectivity index (χ0) is 24.1. The Hall–Kier alpha value is -3.68. The number of aromatic nitrogens is 1. The van der Waals surface area contributed by atoms with Gasteiger partial charge in [0.05, 0.1) is 25.4 Å². The molecule has 0 atom stereocenters. The van der Waals surface area contributed by atoms with E-state index in [1.807, 2.05) is 18.2 Å². The van der Waals surface area contributed by atoms with Gasteiger partial charge in [-0.25, -0.2) is 9.78 Å². The first-order chi connectivity index (χ1) is 16.5. The first kappa shape index (κ1) is 23.5. The Morgan fingerprint density at radius 1 is 0.971 bits per heavy atom. The van der Waals surface area contributed by atoms with Gasteiger partial charge in [0.15, 0.2) is 0 Å². The van der Waals surface area contributed by atoms with Gasteiger partial charge in [-0.3, -0.25) is 0 Å². The summed E-state index contributed by atoms with van der Waals surface area (Å²) < 4.78 is 10.6. The number of methoxy groups -OCH3 is 2. The summed E-state index contributed by atoms with van der Waals surface area (Å²) in [5.41, 5.74) is 2.74. The van der Waals surface area contributed by atoms with E-state index in [0.29, 0.717) is 23.2 Å². The van der Waals surface area contributed by atoms with Crippen molar-refractivity contribution in [3.63, 3.8) is 0 Å². The van der Waals surface area contributed by atoms with E-state index in [-0.39, 0.29) is 12.1 Å². The van der Waals surface area contributed by atoms with Crippen molar-refractivity contribution in [3.05, 3.63) is 48.5 Å². The highest BCUT2D eigenvalue weighted by Gasteiger charge is 2.23. The van der Waals surface area contributed by atoms with E-state index < -0.39 is 0 Å². The first-order valence-electron chi connectivity index (χ1n) is 11.6. The van der Waals surface area contributed by atoms with Crippen LogP contribution in [0.1, 0.15) is 25.7 Å². The summed E-state index contributed by atoms with van der Waals surface area (Å²) in [7, 11) is 7.26. The number of rotatable bonds is 7. The smallest absolute Gasteiger partial charge is 0.319 e. The van der Waals surface area contributed by atoms with Crippen molar-refractivity contribution in [1.82, 2.24) is 10.3 Å². The van der Waals surface area contributed by atoms with Crippen molar-refractivity contribution in [3.8, 4) is 11.5 Å². The molecule has 0 radical (unpaired) electrons. The van der Waals surface area contributed by atoms with Gasteiger partial charge in [0.1, 0.15) is 17.3 Å². The summed E-state index contributed by atoms with van der Waals surface area (Å²) in [6.07, 6.45) is 3.73. The number of carbonyl (C=O) groups excluding carboxylic acids is 1. The second-order valence-corrected chi connectivity index (χ2v) is 8.80. The van der Waals surface area contributed by atoms with Crippen LogP contribution in [0.3, 0.4) is 0 Å². The zero-order valence-electron chi connectivity index (χ0n) is 20.2. The van der Waals surface area contributed by atoms with E-state index >= 15 is 0 Å². The number of nitrogens with one attached hydrogen (secondary N) is 3. The van der Waals surface area contributed by atoms with Gasteiger partial charge >= 0.3 is 6.03 Å². The first-order valence-corrected chi connectivity index (χ1v) is 11.6. The standard InChI is InChI=1S/C26H33N5O3/c1-31(2)23-16-25(29-21-8-6-5-7-20(21)23)27-17-9-11-18(12-10-17)28-26(32)30-22-14-13-19(33-3)15-24(22)34-4/h5-8,13-18H,9-12H2,1-4H3,(H,27,29)(H2,28,30,32)/t17-,18+. The Kier molecular flexibility index (Phi) is 7.25. The number of para-hydroxylation sites is 1. The maximum Gasteiger partial charge on any atom is 0.319 e. The van der Waals surface area contributed by atoms with Crippen LogP contribution in [0.5, 0.6) is 11.5 Å². The lowest BCUT2D eigenvalue weighted by atomic mass is 9.91. The highest BCUT2D eigenvalue weighted by molar-refractivity contribution is 5.93. The summed E-state index contributed by atoms with van der Waals surface area (Å²) in [6, 6.07) is 15.9. The number of nitrogens with zero attached hydrogens (tertiary/aromatic N) is 2. The Bertz CT molecular complexity index is 1140. The molecule has 0 bridgehead atoms. The predicted molar refractivity (Wildman–Crippen MR) is 137 cm³/mol. The largest absolute Gasteiger partial charge is 0.497 e. The van der Waals surface area contributed by atoms with Gasteiger partial charge in [-0.05, 0) is 43.9 Å². The molecule has 3 aromatic rings. The van der Waals surface area contributed by atoms with Crippen LogP contribution in [0.4, 0.5) is 22.0 Å². The third-order valence-corrected chi connectivity index (χ3v) is 6.25. The molecule has 2 amide bonds. The Morgan fingerprint density at radius 3 is 2.41 bits per heavy atom. The highest BCUT2D eigenvalue weighted by Crippen LogP contribution is 2.30. The molecular formula is C26H33N5O3. The van der Waals surface area contributed by atoms with E-state index in [2.05, 4.69) is 47.1 Å². The number of hydrogen-bond donors (Lipinski definition) is 3. The van der Waals surface area contributed by atoms with E-state index in [0.717, 1.165) is 48.1 Å². The van der Waals surface area contributed by atoms with Crippen molar-refractivity contribution in [1.29, 1.82) is 0 Å². The van der Waals surface area contributed by atoms with Gasteiger partial charge in [-0.1, -0.05) is 18.2 Å². The third kappa shape index (κ3) is 5.44. The van der Waals surface area contributed by atoms with E-state index in [9.17, 15) is 4.79 Å². The Balaban J connectivity index is 1.32. The van der Waals surface area contributed by atoms with E-state index in [1.54, 1.807) is 32.4 Å². The van der Waals surface area contributed by atoms with Gasteiger partial charge in [0, 0.05) is 49.4 Å². The average Bonchev–Trinajstić information content (AvgIpc) is 2.85. The molecule has 1 aliphatic carbocycles. The van der Waals surface area contributed by atoms with Gasteiger partial charge in [0.25, 0.3) is 0 Å². The van der Waals surface area contributed by atoms with Crippen molar-refractivity contribution in [2.24, 2.45) is 0 Å². The molecule has 0 spiro atoms. The SMILES string of the molecule is COc1ccc(NC(=O)N[C@H]2CC[C@@H](Nc3cc(N(C)C)c4ccccc4n3)CC2)c(OC)c1. The number of anilines is 3. The number of pyridine rings is 1. The van der Waals surface area contributed by atoms with Gasteiger partial charge in [-0.2, -0.15) is 0 Å². The minimum atomic E-state index is -0.230. The third-order valence-electron chi connectivity index (χ3n) is 6.25. The lowest BCUT2D eigenvalue weighted by molar-refractivity contribution is 0.243. The van der Waals surface area contributed by atoms with Crippen LogP contribution in [0.25, 0.3) is 10.9 Å². The Morgan fingerprint density at radius 2 is 1.71 bits per heavy atom. The molecule has 8 nitrogen and oxygen atoms in total. The van der Waals surface area contributed by atoms with E-state index in [1.165, 1.54) is 0 Å². The molecule has 1 aromatic heterocycles. The molecule has 180 valence electrons. The number of fused-ring (bicyclic) bond motifs is 1. The number of amides is 2. The second-order valence-electron chi connectivity index (χ2n) is 8.80. The van der Waals surface area contributed by atoms with Crippen LogP contribution in [0.2, 0.25) is 0 Å². The summed E-state index contributed by atoms with van der Waals surface area (Å²) >= 11 is 0. The topological polar surface area (TPSA) is 87.8 Å². The minimum Gasteiger partial charge on any atom is -0.497 e. The summed E-state index contributed by atoms with van der Waals surface area (Å²) in [6.45, 7) is 0. The second kappa shape index (κ2) is 10.5. The molecule has 8 heteroatoms. The molecule has 2 aromatic carbocycles. The monoisotopic (exact) mass is 463 g/mol. The molecule has 0 saturated heterocycles. The van der Waals surface area contributed by atoms with Crippen LogP contribution >= 0.6 is 0 Å². The Labute approximate surface area is 200 Å². The number of carbonyl (C=O) groups is 1. The van der Waals surface area contributed by atoms with Crippen LogP contribution in [-0.4, -0.2) is 51.4 Å². The fraction of sp³-hybridized carbons (Fsp3) is 0.385. The molecule has 0 unspecified atom stereocenters. The van der Waals surface area contributed by atoms with Crippen molar-refractivity contribution in [2.45, 2.75) is 37.8 Å². The lowest BCUT2D eigenvalue weighted by Crippen LogP contribution is -2.42. The highest BCUT2D eigenvalue weighted by atomic mass is 16.5. The zero-order valence-corrected chi connectivity index (χ0v) is 20.2. The van der Waals surface area contributed by atoms with Crippen LogP contribution in [0, 0.1) is 0 Å². The molecule has 0 aliphatic heterocycles. The summed E-state index contributed by atoms with van der Waals surface area (Å²) in [5, 5.41) is 10.7. The van der Waals surface area contributed by atoms with Crippen molar-refractivity contribution in [2.75, 3.05) is 43.8 Å². The molecule has 4 rings (SSSR count). The fourth-order valence-corrected chi connectivity index (χ4v) is 4.44. The fourth-order valence-electron chi connectivity index (χ4n) is 4.44. The van der Waals surface area contributed by atoms with Crippen LogP contribution < -0.4 is 30.3 Å². The quantitative estimate of drug-likeness (QED) is 0.464. The molecule has 1 heterocycles. The van der Waals surface area contributed by atoms with Crippen molar-refractivity contribution < 1.29 is 14.3 Å². The normalized spacial score (nSPS) is 17.6. The average molecular weight is 464 g/mol. The van der Waals surface area contributed by atoms with Gasteiger partial charge in [0.2, 0.25) is 0 Å². The predicted octanol–water partition coefficient (Wildman–Crippen LogP) is 4.86. The summed E-state index contributed by atoms with van der Waals surface area (Å²) in [4.78, 5) is 19.5.